The molecule has 0 spiro atoms. The molecule has 0 saturated carbocycles. The fourth-order valence-electron chi connectivity index (χ4n) is 4.66. The molecule has 0 fully saturated rings. The number of nitrogens with zero attached hydrogens (tertiary/aromatic N) is 3. The summed E-state index contributed by atoms with van der Waals surface area (Å²) in [5.74, 6) is 1.50. The summed E-state index contributed by atoms with van der Waals surface area (Å²) < 4.78 is 0. The second kappa shape index (κ2) is 18.4. The van der Waals surface area contributed by atoms with E-state index in [0.29, 0.717) is 28.7 Å². The van der Waals surface area contributed by atoms with Gasteiger partial charge in [0.25, 0.3) is 0 Å². The van der Waals surface area contributed by atoms with Crippen molar-refractivity contribution in [2.24, 2.45) is 9.98 Å². The van der Waals surface area contributed by atoms with Gasteiger partial charge in [0.2, 0.25) is 0 Å². The summed E-state index contributed by atoms with van der Waals surface area (Å²) in [4.78, 5) is 14.7. The summed E-state index contributed by atoms with van der Waals surface area (Å²) in [6.07, 6.45) is 3.66. The molecule has 225 valence electrons. The maximum atomic E-state index is 6.52. The number of hydrogen-bond donors (Lipinski definition) is 0. The third kappa shape index (κ3) is 11.0. The van der Waals surface area contributed by atoms with E-state index in [2.05, 4.69) is 93.5 Å². The van der Waals surface area contributed by atoms with Gasteiger partial charge in [0, 0.05) is 23.6 Å². The summed E-state index contributed by atoms with van der Waals surface area (Å²) in [5, 5.41) is 0.618. The quantitative estimate of drug-likeness (QED) is 0.333. The van der Waals surface area contributed by atoms with Gasteiger partial charge in [0.05, 0.1) is 35.2 Å². The summed E-state index contributed by atoms with van der Waals surface area (Å²) >= 11 is 6.52. The van der Waals surface area contributed by atoms with E-state index < -0.39 is 0 Å². The summed E-state index contributed by atoms with van der Waals surface area (Å²) in [6.45, 7) is 22.0. The molecule has 1 radical (unpaired) electrons. The molecule has 0 saturated heterocycles. The number of rotatable bonds is 8. The summed E-state index contributed by atoms with van der Waals surface area (Å²) in [6, 6.07) is 12.7. The van der Waals surface area contributed by atoms with Gasteiger partial charge in [-0.15, -0.1) is 0 Å². The minimum Gasteiger partial charge on any atom is -1.00 e. The van der Waals surface area contributed by atoms with Crippen LogP contribution in [0.5, 0.6) is 0 Å². The van der Waals surface area contributed by atoms with Crippen molar-refractivity contribution in [2.45, 2.75) is 92.9 Å². The first-order chi connectivity index (χ1) is 17.4. The molecule has 0 atom stereocenters. The van der Waals surface area contributed by atoms with Gasteiger partial charge in [-0.25, -0.2) is 4.98 Å². The van der Waals surface area contributed by atoms with E-state index in [-0.39, 0.29) is 55.8 Å². The van der Waals surface area contributed by atoms with Crippen LogP contribution in [0, 0.1) is 13.8 Å². The van der Waals surface area contributed by atoms with E-state index >= 15 is 0 Å². The SMILES string of the molecule is Cc1cc(C(C)C)c(N=Cc2cc(Cl)cc(C=Nc3c(C(C)C)cc(C)cc3C(C)C)n2)c(C(C)C)c1.[Cl-].[Cl-].[Cl-].[V]. The second-order valence-corrected chi connectivity index (χ2v) is 11.8. The average molecular weight is 673 g/mol. The molecule has 0 bridgehead atoms. The zero-order chi connectivity index (χ0) is 27.4. The number of aryl methyl sites for hydroxylation is 2. The molecule has 0 aliphatic rings. The van der Waals surface area contributed by atoms with Gasteiger partial charge in [0.15, 0.2) is 0 Å². The zero-order valence-corrected chi connectivity index (χ0v) is 30.1. The monoisotopic (exact) mass is 671 g/mol. The number of benzene rings is 2. The Kier molecular flexibility index (Phi) is 18.7. The number of pyridine rings is 1. The van der Waals surface area contributed by atoms with Crippen molar-refractivity contribution in [1.29, 1.82) is 0 Å². The molecule has 0 N–H and O–H groups in total. The van der Waals surface area contributed by atoms with Crippen LogP contribution in [0.25, 0.3) is 0 Å². The van der Waals surface area contributed by atoms with E-state index in [1.54, 1.807) is 0 Å². The molecule has 0 aliphatic carbocycles. The van der Waals surface area contributed by atoms with E-state index in [9.17, 15) is 0 Å². The summed E-state index contributed by atoms with van der Waals surface area (Å²) in [7, 11) is 0. The fourth-order valence-corrected chi connectivity index (χ4v) is 4.88. The van der Waals surface area contributed by atoms with Crippen molar-refractivity contribution in [3.63, 3.8) is 0 Å². The predicted octanol–water partition coefficient (Wildman–Crippen LogP) is 1.36. The second-order valence-electron chi connectivity index (χ2n) is 11.4. The van der Waals surface area contributed by atoms with Crippen LogP contribution in [0.4, 0.5) is 11.4 Å². The number of hydrogen-bond acceptors (Lipinski definition) is 3. The van der Waals surface area contributed by atoms with Crippen LogP contribution in [0.15, 0.2) is 46.4 Å². The van der Waals surface area contributed by atoms with Gasteiger partial charge < -0.3 is 37.2 Å². The van der Waals surface area contributed by atoms with Crippen molar-refractivity contribution < 1.29 is 55.8 Å². The van der Waals surface area contributed by atoms with Crippen molar-refractivity contribution in [3.8, 4) is 0 Å². The first-order valence-corrected chi connectivity index (χ1v) is 13.8. The van der Waals surface area contributed by atoms with Crippen molar-refractivity contribution in [1.82, 2.24) is 4.98 Å². The smallest absolute Gasteiger partial charge is 0.0835 e. The molecule has 2 aromatic carbocycles. The maximum absolute atomic E-state index is 6.52. The van der Waals surface area contributed by atoms with Gasteiger partial charge >= 0.3 is 0 Å². The van der Waals surface area contributed by atoms with Crippen LogP contribution < -0.4 is 37.2 Å². The van der Waals surface area contributed by atoms with Crippen molar-refractivity contribution in [3.05, 3.63) is 86.2 Å². The number of aliphatic imine (C=N–C) groups is 2. The van der Waals surface area contributed by atoms with Crippen LogP contribution in [0.2, 0.25) is 5.02 Å². The van der Waals surface area contributed by atoms with Gasteiger partial charge in [-0.05, 0) is 71.9 Å². The molecule has 0 unspecified atom stereocenters. The third-order valence-electron chi connectivity index (χ3n) is 6.60. The molecule has 3 rings (SSSR count). The third-order valence-corrected chi connectivity index (χ3v) is 6.81. The molecular weight excluding hydrogens is 631 g/mol. The standard InChI is InChI=1S/C33H42ClN3.3ClH.V/c1-19(2)28-11-23(9)12-29(20(3)4)32(28)35-17-26-15-25(34)16-27(37-26)18-36-33-30(21(5)6)13-24(10)14-31(33)22(7)8;;;;/h11-22H,1-10H3;3*1H;/p-3. The van der Waals surface area contributed by atoms with Crippen LogP contribution in [0.1, 0.15) is 124 Å². The Hall–Kier alpha value is -1.33. The molecule has 1 aromatic heterocycles. The zero-order valence-electron chi connectivity index (χ0n) is 25.7. The van der Waals surface area contributed by atoms with Crippen LogP contribution in [-0.2, 0) is 18.6 Å². The average Bonchev–Trinajstić information content (AvgIpc) is 2.80. The van der Waals surface area contributed by atoms with E-state index in [1.807, 2.05) is 24.6 Å². The van der Waals surface area contributed by atoms with Crippen LogP contribution in [0.3, 0.4) is 0 Å². The van der Waals surface area contributed by atoms with Gasteiger partial charge in [-0.2, -0.15) is 0 Å². The Morgan fingerprint density at radius 2 is 0.829 bits per heavy atom. The Labute approximate surface area is 283 Å². The predicted molar refractivity (Wildman–Crippen MR) is 162 cm³/mol. The fraction of sp³-hybridized carbons (Fsp3) is 0.424. The van der Waals surface area contributed by atoms with Crippen molar-refractivity contribution in [2.75, 3.05) is 0 Å². The Morgan fingerprint density at radius 3 is 1.07 bits per heavy atom. The maximum Gasteiger partial charge on any atom is 0.0835 e. The Bertz CT molecular complexity index is 1180. The van der Waals surface area contributed by atoms with Gasteiger partial charge in [0.1, 0.15) is 0 Å². The molecule has 1 heterocycles. The summed E-state index contributed by atoms with van der Waals surface area (Å²) in [5.41, 5.74) is 11.1. The molecule has 0 aliphatic heterocycles. The van der Waals surface area contributed by atoms with E-state index in [0.717, 1.165) is 22.8 Å². The minimum absolute atomic E-state index is 0. The van der Waals surface area contributed by atoms with Gasteiger partial charge in [-0.3, -0.25) is 9.98 Å². The van der Waals surface area contributed by atoms with Gasteiger partial charge in [-0.1, -0.05) is 102 Å². The molecular formula is C33H42Cl4N3V-3. The molecule has 0 amide bonds. The largest absolute Gasteiger partial charge is 1.00 e. The first-order valence-electron chi connectivity index (χ1n) is 13.4. The molecule has 3 aromatic rings. The van der Waals surface area contributed by atoms with E-state index in [4.69, 9.17) is 26.6 Å². The normalized spacial score (nSPS) is 11.2. The minimum atomic E-state index is 0. The first kappa shape index (κ1) is 41.8. The Balaban J connectivity index is 0. The molecule has 8 heteroatoms. The van der Waals surface area contributed by atoms with Crippen LogP contribution >= 0.6 is 11.6 Å². The number of halogens is 4. The van der Waals surface area contributed by atoms with Crippen LogP contribution in [-0.4, -0.2) is 17.4 Å². The molecule has 3 nitrogen and oxygen atoms in total. The Morgan fingerprint density at radius 1 is 0.561 bits per heavy atom. The number of aromatic nitrogens is 1. The van der Waals surface area contributed by atoms with E-state index in [1.165, 1.54) is 33.4 Å². The van der Waals surface area contributed by atoms with Crippen molar-refractivity contribution >= 4 is 35.4 Å². The topological polar surface area (TPSA) is 37.6 Å². The molecule has 41 heavy (non-hydrogen) atoms.